The van der Waals surface area contributed by atoms with E-state index in [4.69, 9.17) is 79.1 Å². The molecule has 0 saturated carbocycles. The van der Waals surface area contributed by atoms with Crippen molar-refractivity contribution in [2.45, 2.75) is 21.4 Å². The second kappa shape index (κ2) is 11.9. The van der Waals surface area contributed by atoms with Gasteiger partial charge in [0.1, 0.15) is 13.1 Å². The van der Waals surface area contributed by atoms with E-state index in [2.05, 4.69) is 15.0 Å². The molecule has 0 spiro atoms. The van der Waals surface area contributed by atoms with Crippen LogP contribution in [0.1, 0.15) is 25.5 Å². The first-order valence-electron chi connectivity index (χ1n) is 9.42. The van der Waals surface area contributed by atoms with Gasteiger partial charge in [0, 0.05) is 11.3 Å². The molecular weight excluding hydrogens is 561 g/mol. The van der Waals surface area contributed by atoms with Crippen LogP contribution < -0.4 is 4.90 Å². The molecule has 0 aliphatic heterocycles. The predicted molar refractivity (Wildman–Crippen MR) is 129 cm³/mol. The molecule has 1 aromatic carbocycles. The SMILES string of the molecule is CCOC(=O)CN(CC(=O)OCC)c1cccc(-c2nc(C(Cl)(Cl)Cl)nc(C(Cl)(Cl)Cl)n2)c1. The van der Waals surface area contributed by atoms with Gasteiger partial charge in [0.15, 0.2) is 17.5 Å². The first-order chi connectivity index (χ1) is 15.3. The van der Waals surface area contributed by atoms with Crippen molar-refractivity contribution in [3.8, 4) is 11.4 Å². The normalized spacial score (nSPS) is 11.8. The molecule has 2 aromatic rings. The molecule has 0 radical (unpaired) electrons. The number of nitrogens with zero attached hydrogens (tertiary/aromatic N) is 4. The van der Waals surface area contributed by atoms with Gasteiger partial charge in [0.05, 0.1) is 13.2 Å². The summed E-state index contributed by atoms with van der Waals surface area (Å²) < 4.78 is 5.98. The van der Waals surface area contributed by atoms with Crippen molar-refractivity contribution in [1.29, 1.82) is 0 Å². The van der Waals surface area contributed by atoms with Crippen LogP contribution >= 0.6 is 69.6 Å². The average Bonchev–Trinajstić information content (AvgIpc) is 2.72. The van der Waals surface area contributed by atoms with E-state index in [9.17, 15) is 9.59 Å². The van der Waals surface area contributed by atoms with Crippen LogP contribution in [0.15, 0.2) is 24.3 Å². The van der Waals surface area contributed by atoms with Crippen LogP contribution in [0.4, 0.5) is 5.69 Å². The molecule has 0 saturated heterocycles. The molecule has 0 fully saturated rings. The van der Waals surface area contributed by atoms with Gasteiger partial charge in [-0.05, 0) is 26.0 Å². The highest BCUT2D eigenvalue weighted by atomic mass is 35.6. The summed E-state index contributed by atoms with van der Waals surface area (Å²) in [5.74, 6) is -1.51. The van der Waals surface area contributed by atoms with Crippen molar-refractivity contribution in [3.63, 3.8) is 0 Å². The lowest BCUT2D eigenvalue weighted by Gasteiger charge is -2.23. The molecule has 2 rings (SSSR count). The van der Waals surface area contributed by atoms with Crippen molar-refractivity contribution >= 4 is 87.2 Å². The fraction of sp³-hybridized carbons (Fsp3) is 0.421. The molecular formula is C19H18Cl6N4O4. The maximum absolute atomic E-state index is 12.1. The van der Waals surface area contributed by atoms with Crippen LogP contribution in [0, 0.1) is 0 Å². The van der Waals surface area contributed by atoms with Gasteiger partial charge < -0.3 is 14.4 Å². The van der Waals surface area contributed by atoms with Gasteiger partial charge in [0.25, 0.3) is 0 Å². The molecule has 1 heterocycles. The lowest BCUT2D eigenvalue weighted by atomic mass is 10.1. The van der Waals surface area contributed by atoms with Crippen LogP contribution in [0.3, 0.4) is 0 Å². The van der Waals surface area contributed by atoms with Crippen molar-refractivity contribution in [1.82, 2.24) is 15.0 Å². The minimum Gasteiger partial charge on any atom is -0.465 e. The minimum absolute atomic E-state index is 0.0433. The monoisotopic (exact) mass is 576 g/mol. The molecule has 0 bridgehead atoms. The molecule has 1 aromatic heterocycles. The second-order valence-corrected chi connectivity index (χ2v) is 10.9. The van der Waals surface area contributed by atoms with Crippen LogP contribution in [-0.4, -0.2) is 53.2 Å². The smallest absolute Gasteiger partial charge is 0.325 e. The van der Waals surface area contributed by atoms with E-state index in [-0.39, 0.29) is 43.8 Å². The van der Waals surface area contributed by atoms with Gasteiger partial charge in [0.2, 0.25) is 7.59 Å². The Hall–Kier alpha value is -1.29. The first-order valence-corrected chi connectivity index (χ1v) is 11.7. The first kappa shape index (κ1) is 28.0. The molecule has 33 heavy (non-hydrogen) atoms. The molecule has 0 aliphatic rings. The molecule has 8 nitrogen and oxygen atoms in total. The molecule has 0 unspecified atom stereocenters. The number of hydrogen-bond donors (Lipinski definition) is 0. The number of hydrogen-bond acceptors (Lipinski definition) is 8. The zero-order valence-electron chi connectivity index (χ0n) is 17.3. The molecule has 0 N–H and O–H groups in total. The van der Waals surface area contributed by atoms with Gasteiger partial charge in [-0.2, -0.15) is 0 Å². The highest BCUT2D eigenvalue weighted by Gasteiger charge is 2.34. The second-order valence-electron chi connectivity index (χ2n) is 6.32. The van der Waals surface area contributed by atoms with Gasteiger partial charge in [-0.3, -0.25) is 9.59 Å². The van der Waals surface area contributed by atoms with Crippen LogP contribution in [0.5, 0.6) is 0 Å². The standard InChI is InChI=1S/C19H18Cl6N4O4/c1-3-32-13(30)9-29(10-14(31)33-4-2)12-7-5-6-11(8-12)15-26-16(18(20,21)22)28-17(27-15)19(23,24)25/h5-8H,3-4,9-10H2,1-2H3. The van der Waals surface area contributed by atoms with E-state index in [0.29, 0.717) is 11.3 Å². The number of benzene rings is 1. The van der Waals surface area contributed by atoms with Gasteiger partial charge >= 0.3 is 11.9 Å². The maximum Gasteiger partial charge on any atom is 0.325 e. The zero-order chi connectivity index (χ0) is 24.8. The van der Waals surface area contributed by atoms with E-state index < -0.39 is 19.5 Å². The van der Waals surface area contributed by atoms with Crippen molar-refractivity contribution in [2.75, 3.05) is 31.2 Å². The molecule has 0 aliphatic carbocycles. The summed E-state index contributed by atoms with van der Waals surface area (Å²) >= 11 is 35.6. The van der Waals surface area contributed by atoms with Crippen LogP contribution in [0.25, 0.3) is 11.4 Å². The van der Waals surface area contributed by atoms with E-state index in [1.165, 1.54) is 4.90 Å². The molecule has 0 amide bonds. The van der Waals surface area contributed by atoms with Crippen LogP contribution in [-0.2, 0) is 26.6 Å². The quantitative estimate of drug-likeness (QED) is 0.314. The third kappa shape index (κ3) is 8.46. The predicted octanol–water partition coefficient (Wildman–Crippen LogP) is 5.12. The van der Waals surface area contributed by atoms with Crippen LogP contribution in [0.2, 0.25) is 0 Å². The van der Waals surface area contributed by atoms with Gasteiger partial charge in [-0.25, -0.2) is 15.0 Å². The number of carbonyl (C=O) groups is 2. The fourth-order valence-electron chi connectivity index (χ4n) is 2.56. The Morgan fingerprint density at radius 3 is 1.76 bits per heavy atom. The summed E-state index contributed by atoms with van der Waals surface area (Å²) in [6.45, 7) is 3.34. The maximum atomic E-state index is 12.1. The van der Waals surface area contributed by atoms with Crippen molar-refractivity contribution in [3.05, 3.63) is 35.9 Å². The number of esters is 2. The van der Waals surface area contributed by atoms with Gasteiger partial charge in [-0.15, -0.1) is 0 Å². The summed E-state index contributed by atoms with van der Waals surface area (Å²) in [7, 11) is 0. The molecule has 0 atom stereocenters. The summed E-state index contributed by atoms with van der Waals surface area (Å²) in [6, 6.07) is 6.59. The summed E-state index contributed by atoms with van der Waals surface area (Å²) in [5.41, 5.74) is 0.888. The number of aromatic nitrogens is 3. The highest BCUT2D eigenvalue weighted by Crippen LogP contribution is 2.40. The number of carbonyl (C=O) groups excluding carboxylic acids is 2. The van der Waals surface area contributed by atoms with E-state index >= 15 is 0 Å². The fourth-order valence-corrected chi connectivity index (χ4v) is 3.07. The Labute approximate surface area is 220 Å². The Bertz CT molecular complexity index is 945. The van der Waals surface area contributed by atoms with E-state index in [1.54, 1.807) is 38.1 Å². The third-order valence-electron chi connectivity index (χ3n) is 3.86. The lowest BCUT2D eigenvalue weighted by Crippen LogP contribution is -2.36. The molecule has 14 heteroatoms. The minimum atomic E-state index is -2.01. The Morgan fingerprint density at radius 2 is 1.33 bits per heavy atom. The van der Waals surface area contributed by atoms with Crippen molar-refractivity contribution in [2.24, 2.45) is 0 Å². The van der Waals surface area contributed by atoms with E-state index in [0.717, 1.165) is 0 Å². The largest absolute Gasteiger partial charge is 0.465 e. The molecule has 180 valence electrons. The lowest BCUT2D eigenvalue weighted by molar-refractivity contribution is -0.142. The van der Waals surface area contributed by atoms with Crippen molar-refractivity contribution < 1.29 is 19.1 Å². The number of halogens is 6. The summed E-state index contributed by atoms with van der Waals surface area (Å²) in [5, 5.41) is 0. The average molecular weight is 579 g/mol. The number of anilines is 1. The summed E-state index contributed by atoms with van der Waals surface area (Å²) in [4.78, 5) is 37.9. The number of rotatable bonds is 8. The topological polar surface area (TPSA) is 94.5 Å². The summed E-state index contributed by atoms with van der Waals surface area (Å²) in [6.07, 6.45) is 0. The number of ether oxygens (including phenoxy) is 2. The van der Waals surface area contributed by atoms with E-state index in [1.807, 2.05) is 0 Å². The third-order valence-corrected chi connectivity index (χ3v) is 4.88. The Balaban J connectivity index is 2.52. The highest BCUT2D eigenvalue weighted by molar-refractivity contribution is 6.67. The van der Waals surface area contributed by atoms with Gasteiger partial charge in [-0.1, -0.05) is 81.7 Å². The Kier molecular flexibility index (Phi) is 10.1. The zero-order valence-corrected chi connectivity index (χ0v) is 21.9. The Morgan fingerprint density at radius 1 is 0.848 bits per heavy atom. The number of alkyl halides is 6.